The van der Waals surface area contributed by atoms with Gasteiger partial charge in [-0.2, -0.15) is 26.9 Å². The van der Waals surface area contributed by atoms with Crippen LogP contribution < -0.4 is 0 Å². The third-order valence-corrected chi connectivity index (χ3v) is 2.34. The van der Waals surface area contributed by atoms with Gasteiger partial charge in [-0.1, -0.05) is 0 Å². The molecule has 1 aromatic rings. The molecule has 0 fully saturated rings. The Bertz CT molecular complexity index is 523. The summed E-state index contributed by atoms with van der Waals surface area (Å²) in [7, 11) is -5.03. The van der Waals surface area contributed by atoms with E-state index in [0.717, 1.165) is 0 Å². The lowest BCUT2D eigenvalue weighted by atomic mass is 10.2. The summed E-state index contributed by atoms with van der Waals surface area (Å²) in [6, 6.07) is 1.17. The molecule has 0 atom stereocenters. The van der Waals surface area contributed by atoms with E-state index in [4.69, 9.17) is 9.81 Å². The molecule has 2 N–H and O–H groups in total. The molecule has 0 saturated carbocycles. The summed E-state index contributed by atoms with van der Waals surface area (Å²) in [5, 5.41) is 6.89. The number of aromatic nitrogens is 1. The van der Waals surface area contributed by atoms with E-state index in [-0.39, 0.29) is 0 Å². The monoisotopic (exact) mass is 240 g/mol. The van der Waals surface area contributed by atoms with Gasteiger partial charge in [0.1, 0.15) is 11.6 Å². The number of halogens is 3. The zero-order chi connectivity index (χ0) is 11.9. The highest BCUT2D eigenvalue weighted by Gasteiger charge is 2.41. The van der Waals surface area contributed by atoms with Crippen LogP contribution in [0.5, 0.6) is 0 Å². The first-order valence-electron chi connectivity index (χ1n) is 3.34. The minimum Gasteiger partial charge on any atom is -0.349 e. The molecule has 0 aliphatic carbocycles. The SMILES string of the molecule is N#Cc1c[nH]c(S(=O)(=O)O)c1C(F)(F)F. The molecule has 0 radical (unpaired) electrons. The first-order valence-corrected chi connectivity index (χ1v) is 4.78. The van der Waals surface area contributed by atoms with Crippen LogP contribution in [0.1, 0.15) is 11.1 Å². The molecular weight excluding hydrogens is 237 g/mol. The number of rotatable bonds is 1. The Balaban J connectivity index is 3.61. The van der Waals surface area contributed by atoms with Crippen LogP contribution in [-0.2, 0) is 16.3 Å². The summed E-state index contributed by atoms with van der Waals surface area (Å²) >= 11 is 0. The molecule has 1 heterocycles. The summed E-state index contributed by atoms with van der Waals surface area (Å²) < 4.78 is 66.5. The number of hydrogen-bond acceptors (Lipinski definition) is 3. The summed E-state index contributed by atoms with van der Waals surface area (Å²) in [5.74, 6) is 0. The number of hydrogen-bond donors (Lipinski definition) is 2. The van der Waals surface area contributed by atoms with Crippen LogP contribution in [0.2, 0.25) is 0 Å². The highest BCUT2D eigenvalue weighted by Crippen LogP contribution is 2.36. The van der Waals surface area contributed by atoms with E-state index in [1.54, 1.807) is 4.98 Å². The summed E-state index contributed by atoms with van der Waals surface area (Å²) in [6.07, 6.45) is -4.47. The van der Waals surface area contributed by atoms with E-state index >= 15 is 0 Å². The van der Waals surface area contributed by atoms with Gasteiger partial charge in [0.05, 0.1) is 5.56 Å². The van der Waals surface area contributed by atoms with E-state index in [2.05, 4.69) is 0 Å². The second-order valence-electron chi connectivity index (χ2n) is 2.49. The highest BCUT2D eigenvalue weighted by atomic mass is 32.2. The maximum absolute atomic E-state index is 12.3. The van der Waals surface area contributed by atoms with Crippen molar-refractivity contribution in [3.05, 3.63) is 17.3 Å². The molecule has 0 aliphatic rings. The van der Waals surface area contributed by atoms with Gasteiger partial charge in [0.25, 0.3) is 0 Å². The Labute approximate surface area is 81.9 Å². The van der Waals surface area contributed by atoms with E-state index in [9.17, 15) is 21.6 Å². The summed E-state index contributed by atoms with van der Waals surface area (Å²) in [6.45, 7) is 0. The largest absolute Gasteiger partial charge is 0.420 e. The number of alkyl halides is 3. The lowest BCUT2D eigenvalue weighted by Crippen LogP contribution is -2.12. The standard InChI is InChI=1S/C6H3F3N2O3S/c7-6(8,9)4-3(1-10)2-11-5(4)15(12,13)14/h2,11H,(H,12,13,14). The number of H-pyrrole nitrogens is 1. The molecule has 15 heavy (non-hydrogen) atoms. The van der Waals surface area contributed by atoms with Gasteiger partial charge < -0.3 is 4.98 Å². The Morgan fingerprint density at radius 2 is 2.00 bits per heavy atom. The van der Waals surface area contributed by atoms with Crippen LogP contribution in [0.15, 0.2) is 11.2 Å². The van der Waals surface area contributed by atoms with Gasteiger partial charge >= 0.3 is 16.3 Å². The average molecular weight is 240 g/mol. The molecule has 0 amide bonds. The van der Waals surface area contributed by atoms with Gasteiger partial charge in [-0.25, -0.2) is 0 Å². The Morgan fingerprint density at radius 3 is 2.33 bits per heavy atom. The van der Waals surface area contributed by atoms with Crippen molar-refractivity contribution in [2.24, 2.45) is 0 Å². The normalized spacial score (nSPS) is 12.5. The second kappa shape index (κ2) is 3.25. The Hall–Kier alpha value is -1.53. The zero-order valence-corrected chi connectivity index (χ0v) is 7.65. The van der Waals surface area contributed by atoms with Crippen molar-refractivity contribution < 1.29 is 26.1 Å². The third-order valence-electron chi connectivity index (χ3n) is 1.51. The minimum atomic E-state index is -5.03. The fourth-order valence-electron chi connectivity index (χ4n) is 0.977. The van der Waals surface area contributed by atoms with Crippen LogP contribution in [0.4, 0.5) is 13.2 Å². The van der Waals surface area contributed by atoms with Crippen molar-refractivity contribution in [1.29, 1.82) is 5.26 Å². The van der Waals surface area contributed by atoms with Crippen LogP contribution in [0.3, 0.4) is 0 Å². The number of aromatic amines is 1. The van der Waals surface area contributed by atoms with Gasteiger partial charge in [-0.05, 0) is 0 Å². The highest BCUT2D eigenvalue weighted by molar-refractivity contribution is 7.85. The molecule has 0 aromatic carbocycles. The van der Waals surface area contributed by atoms with E-state index in [1.807, 2.05) is 0 Å². The van der Waals surface area contributed by atoms with Gasteiger partial charge in [-0.3, -0.25) is 4.55 Å². The lowest BCUT2D eigenvalue weighted by molar-refractivity contribution is -0.140. The number of nitrogens with one attached hydrogen (secondary N) is 1. The van der Waals surface area contributed by atoms with E-state index in [1.165, 1.54) is 6.07 Å². The predicted molar refractivity (Wildman–Crippen MR) is 40.3 cm³/mol. The van der Waals surface area contributed by atoms with E-state index in [0.29, 0.717) is 6.20 Å². The first kappa shape index (κ1) is 11.5. The molecule has 1 aromatic heterocycles. The van der Waals surface area contributed by atoms with Crippen LogP contribution >= 0.6 is 0 Å². The topological polar surface area (TPSA) is 94.0 Å². The summed E-state index contributed by atoms with van der Waals surface area (Å²) in [5.41, 5.74) is -2.58. The van der Waals surface area contributed by atoms with Crippen molar-refractivity contribution in [3.8, 4) is 6.07 Å². The Kier molecular flexibility index (Phi) is 2.50. The average Bonchev–Trinajstić information content (AvgIpc) is 2.44. The second-order valence-corrected chi connectivity index (χ2v) is 3.85. The third kappa shape index (κ3) is 2.11. The molecular formula is C6H3F3N2O3S. The van der Waals surface area contributed by atoms with Crippen LogP contribution in [-0.4, -0.2) is 18.0 Å². The molecule has 1 rings (SSSR count). The van der Waals surface area contributed by atoms with Crippen LogP contribution in [0, 0.1) is 11.3 Å². The smallest absolute Gasteiger partial charge is 0.349 e. The first-order chi connectivity index (χ1) is 6.68. The molecule has 82 valence electrons. The molecule has 0 unspecified atom stereocenters. The number of nitriles is 1. The van der Waals surface area contributed by atoms with Crippen molar-refractivity contribution in [1.82, 2.24) is 4.98 Å². The lowest BCUT2D eigenvalue weighted by Gasteiger charge is -2.06. The molecule has 0 bridgehead atoms. The minimum absolute atomic E-state index is 0.561. The van der Waals surface area contributed by atoms with Gasteiger partial charge in [0, 0.05) is 6.20 Å². The van der Waals surface area contributed by atoms with Gasteiger partial charge in [0.2, 0.25) is 0 Å². The quantitative estimate of drug-likeness (QED) is 0.720. The molecule has 0 aliphatic heterocycles. The molecule has 0 saturated heterocycles. The number of nitrogens with zero attached hydrogens (tertiary/aromatic N) is 1. The molecule has 9 heteroatoms. The predicted octanol–water partition coefficient (Wildman–Crippen LogP) is 1.15. The van der Waals surface area contributed by atoms with Crippen molar-refractivity contribution in [3.63, 3.8) is 0 Å². The van der Waals surface area contributed by atoms with Crippen molar-refractivity contribution in [2.45, 2.75) is 11.2 Å². The Morgan fingerprint density at radius 1 is 1.47 bits per heavy atom. The molecule has 5 nitrogen and oxygen atoms in total. The van der Waals surface area contributed by atoms with Crippen molar-refractivity contribution >= 4 is 10.1 Å². The maximum Gasteiger partial charge on any atom is 0.420 e. The van der Waals surface area contributed by atoms with Gasteiger partial charge in [-0.15, -0.1) is 0 Å². The van der Waals surface area contributed by atoms with Crippen molar-refractivity contribution in [2.75, 3.05) is 0 Å². The molecule has 0 spiro atoms. The summed E-state index contributed by atoms with van der Waals surface area (Å²) in [4.78, 5) is 1.69. The van der Waals surface area contributed by atoms with E-state index < -0.39 is 32.4 Å². The fraction of sp³-hybridized carbons (Fsp3) is 0.167. The zero-order valence-electron chi connectivity index (χ0n) is 6.83. The maximum atomic E-state index is 12.3. The van der Waals surface area contributed by atoms with Gasteiger partial charge in [0.15, 0.2) is 5.03 Å². The fourth-order valence-corrected chi connectivity index (χ4v) is 1.67. The van der Waals surface area contributed by atoms with Crippen LogP contribution in [0.25, 0.3) is 0 Å².